The van der Waals surface area contributed by atoms with Gasteiger partial charge in [0.1, 0.15) is 5.82 Å². The summed E-state index contributed by atoms with van der Waals surface area (Å²) in [5, 5.41) is 5.22. The van der Waals surface area contributed by atoms with Crippen molar-refractivity contribution in [2.45, 2.75) is 20.0 Å². The average Bonchev–Trinajstić information content (AvgIpc) is 2.61. The second kappa shape index (κ2) is 9.28. The SMILES string of the molecule is CC(=O)Nc1ccc(NC(=O)[C@H](C)OC(=O)/C=C/c2cccc(F)c2)cc1. The van der Waals surface area contributed by atoms with E-state index in [9.17, 15) is 18.8 Å². The minimum absolute atomic E-state index is 0.196. The van der Waals surface area contributed by atoms with Crippen LogP contribution in [0.3, 0.4) is 0 Å². The highest BCUT2D eigenvalue weighted by molar-refractivity contribution is 5.97. The van der Waals surface area contributed by atoms with Crippen LogP contribution in [0.25, 0.3) is 6.08 Å². The van der Waals surface area contributed by atoms with E-state index < -0.39 is 23.8 Å². The maximum absolute atomic E-state index is 13.1. The van der Waals surface area contributed by atoms with Crippen molar-refractivity contribution in [1.29, 1.82) is 0 Å². The number of ether oxygens (including phenoxy) is 1. The number of rotatable bonds is 6. The monoisotopic (exact) mass is 370 g/mol. The largest absolute Gasteiger partial charge is 0.449 e. The van der Waals surface area contributed by atoms with E-state index in [1.807, 2.05) is 0 Å². The van der Waals surface area contributed by atoms with Crippen LogP contribution >= 0.6 is 0 Å². The second-order valence-electron chi connectivity index (χ2n) is 5.72. The van der Waals surface area contributed by atoms with Gasteiger partial charge in [0.2, 0.25) is 5.91 Å². The number of hydrogen-bond donors (Lipinski definition) is 2. The summed E-state index contributed by atoms with van der Waals surface area (Å²) in [5.41, 5.74) is 1.60. The van der Waals surface area contributed by atoms with Crippen LogP contribution in [0.5, 0.6) is 0 Å². The van der Waals surface area contributed by atoms with Gasteiger partial charge < -0.3 is 15.4 Å². The number of benzene rings is 2. The maximum atomic E-state index is 13.1. The van der Waals surface area contributed by atoms with E-state index in [4.69, 9.17) is 4.74 Å². The zero-order chi connectivity index (χ0) is 19.8. The number of carbonyl (C=O) groups is 3. The van der Waals surface area contributed by atoms with Crippen molar-refractivity contribution in [2.24, 2.45) is 0 Å². The molecule has 0 heterocycles. The molecule has 1 atom stereocenters. The molecular formula is C20H19FN2O4. The summed E-state index contributed by atoms with van der Waals surface area (Å²) in [7, 11) is 0. The van der Waals surface area contributed by atoms with Crippen LogP contribution in [0.4, 0.5) is 15.8 Å². The minimum atomic E-state index is -1.02. The molecule has 2 aromatic carbocycles. The molecule has 0 aliphatic rings. The van der Waals surface area contributed by atoms with Crippen LogP contribution in [0.1, 0.15) is 19.4 Å². The lowest BCUT2D eigenvalue weighted by Gasteiger charge is -2.12. The number of nitrogens with one attached hydrogen (secondary N) is 2. The van der Waals surface area contributed by atoms with Gasteiger partial charge in [-0.2, -0.15) is 0 Å². The first-order valence-corrected chi connectivity index (χ1v) is 8.16. The molecule has 0 saturated heterocycles. The molecule has 6 nitrogen and oxygen atoms in total. The van der Waals surface area contributed by atoms with E-state index in [0.717, 1.165) is 6.08 Å². The van der Waals surface area contributed by atoms with Crippen LogP contribution in [0.15, 0.2) is 54.6 Å². The molecule has 2 aromatic rings. The third-order valence-electron chi connectivity index (χ3n) is 3.40. The second-order valence-corrected chi connectivity index (χ2v) is 5.72. The Bertz CT molecular complexity index is 863. The third kappa shape index (κ3) is 6.74. The van der Waals surface area contributed by atoms with Crippen LogP contribution < -0.4 is 10.6 Å². The van der Waals surface area contributed by atoms with E-state index >= 15 is 0 Å². The third-order valence-corrected chi connectivity index (χ3v) is 3.40. The predicted octanol–water partition coefficient (Wildman–Crippen LogP) is 3.37. The summed E-state index contributed by atoms with van der Waals surface area (Å²) >= 11 is 0. The molecule has 27 heavy (non-hydrogen) atoms. The van der Waals surface area contributed by atoms with Gasteiger partial charge in [-0.1, -0.05) is 12.1 Å². The Balaban J connectivity index is 1.87. The summed E-state index contributed by atoms with van der Waals surface area (Å²) in [6.07, 6.45) is 1.50. The first-order chi connectivity index (χ1) is 12.8. The van der Waals surface area contributed by atoms with Gasteiger partial charge in [-0.05, 0) is 55.0 Å². The number of hydrogen-bond acceptors (Lipinski definition) is 4. The zero-order valence-corrected chi connectivity index (χ0v) is 14.9. The highest BCUT2D eigenvalue weighted by Gasteiger charge is 2.16. The standard InChI is InChI=1S/C20H19FN2O4/c1-13(27-19(25)11-6-15-4-3-5-16(21)12-15)20(26)23-18-9-7-17(8-10-18)22-14(2)24/h3-13H,1-2H3,(H,22,24)(H,23,26)/b11-6+/t13-/m0/s1. The Morgan fingerprint density at radius 1 is 1.04 bits per heavy atom. The first-order valence-electron chi connectivity index (χ1n) is 8.16. The average molecular weight is 370 g/mol. The Hall–Kier alpha value is -3.48. The summed E-state index contributed by atoms with van der Waals surface area (Å²) in [5.74, 6) is -1.83. The highest BCUT2D eigenvalue weighted by atomic mass is 19.1. The molecular weight excluding hydrogens is 351 g/mol. The number of halogens is 1. The van der Waals surface area contributed by atoms with Gasteiger partial charge in [0.05, 0.1) is 0 Å². The molecule has 0 spiro atoms. The Morgan fingerprint density at radius 3 is 2.26 bits per heavy atom. The molecule has 0 fully saturated rings. The molecule has 2 N–H and O–H groups in total. The maximum Gasteiger partial charge on any atom is 0.331 e. The predicted molar refractivity (Wildman–Crippen MR) is 100 cm³/mol. The van der Waals surface area contributed by atoms with Gasteiger partial charge in [-0.25, -0.2) is 9.18 Å². The molecule has 0 radical (unpaired) electrons. The molecule has 140 valence electrons. The molecule has 0 aliphatic carbocycles. The molecule has 0 aliphatic heterocycles. The van der Waals surface area contributed by atoms with Crippen molar-refractivity contribution in [3.8, 4) is 0 Å². The lowest BCUT2D eigenvalue weighted by Crippen LogP contribution is -2.29. The Labute approximate surface area is 156 Å². The quantitative estimate of drug-likeness (QED) is 0.603. The minimum Gasteiger partial charge on any atom is -0.449 e. The van der Waals surface area contributed by atoms with Gasteiger partial charge in [-0.3, -0.25) is 9.59 Å². The molecule has 2 rings (SSSR count). The number of amides is 2. The number of esters is 1. The highest BCUT2D eigenvalue weighted by Crippen LogP contribution is 2.14. The topological polar surface area (TPSA) is 84.5 Å². The lowest BCUT2D eigenvalue weighted by atomic mass is 10.2. The van der Waals surface area contributed by atoms with Gasteiger partial charge in [0, 0.05) is 24.4 Å². The van der Waals surface area contributed by atoms with Gasteiger partial charge in [0.15, 0.2) is 6.10 Å². The van der Waals surface area contributed by atoms with Gasteiger partial charge in [0.25, 0.3) is 5.91 Å². The van der Waals surface area contributed by atoms with Crippen molar-refractivity contribution in [2.75, 3.05) is 10.6 Å². The van der Waals surface area contributed by atoms with Gasteiger partial charge >= 0.3 is 5.97 Å². The summed E-state index contributed by atoms with van der Waals surface area (Å²) in [6.45, 7) is 2.84. The molecule has 2 amide bonds. The zero-order valence-electron chi connectivity index (χ0n) is 14.9. The fourth-order valence-electron chi connectivity index (χ4n) is 2.13. The van der Waals surface area contributed by atoms with Crippen LogP contribution in [0.2, 0.25) is 0 Å². The molecule has 0 aromatic heterocycles. The van der Waals surface area contributed by atoms with Crippen molar-refractivity contribution in [3.63, 3.8) is 0 Å². The van der Waals surface area contributed by atoms with E-state index in [2.05, 4.69) is 10.6 Å². The van der Waals surface area contributed by atoms with Crippen molar-refractivity contribution in [1.82, 2.24) is 0 Å². The molecule has 7 heteroatoms. The summed E-state index contributed by atoms with van der Waals surface area (Å²) < 4.78 is 18.1. The van der Waals surface area contributed by atoms with Crippen molar-refractivity contribution in [3.05, 3.63) is 66.0 Å². The van der Waals surface area contributed by atoms with Crippen LogP contribution in [-0.4, -0.2) is 23.9 Å². The molecule has 0 saturated carbocycles. The van der Waals surface area contributed by atoms with E-state index in [1.54, 1.807) is 30.3 Å². The van der Waals surface area contributed by atoms with Gasteiger partial charge in [-0.15, -0.1) is 0 Å². The summed E-state index contributed by atoms with van der Waals surface area (Å²) in [6, 6.07) is 12.2. The Morgan fingerprint density at radius 2 is 1.67 bits per heavy atom. The fourth-order valence-corrected chi connectivity index (χ4v) is 2.13. The van der Waals surface area contributed by atoms with Crippen LogP contribution in [-0.2, 0) is 19.1 Å². The number of anilines is 2. The molecule has 0 unspecified atom stereocenters. The smallest absolute Gasteiger partial charge is 0.331 e. The Kier molecular flexibility index (Phi) is 6.82. The van der Waals surface area contributed by atoms with E-state index in [0.29, 0.717) is 16.9 Å². The molecule has 0 bridgehead atoms. The summed E-state index contributed by atoms with van der Waals surface area (Å²) in [4.78, 5) is 34.9. The fraction of sp³-hybridized carbons (Fsp3) is 0.150. The van der Waals surface area contributed by atoms with E-state index in [1.165, 1.54) is 38.1 Å². The number of carbonyl (C=O) groups excluding carboxylic acids is 3. The van der Waals surface area contributed by atoms with Crippen molar-refractivity contribution < 1.29 is 23.5 Å². The van der Waals surface area contributed by atoms with Crippen LogP contribution in [0, 0.1) is 5.82 Å². The first kappa shape index (κ1) is 19.8. The van der Waals surface area contributed by atoms with E-state index in [-0.39, 0.29) is 5.91 Å². The normalized spacial score (nSPS) is 11.7. The lowest BCUT2D eigenvalue weighted by molar-refractivity contribution is -0.148. The van der Waals surface area contributed by atoms with Crippen molar-refractivity contribution >= 4 is 35.2 Å².